The summed E-state index contributed by atoms with van der Waals surface area (Å²) in [6.07, 6.45) is 0. The fourth-order valence-corrected chi connectivity index (χ4v) is 1.50. The Balaban J connectivity index is 3.17. The molecule has 0 amide bonds. The van der Waals surface area contributed by atoms with Crippen molar-refractivity contribution in [1.82, 2.24) is 0 Å². The Morgan fingerprint density at radius 3 is 2.07 bits per heavy atom. The third kappa shape index (κ3) is 2.36. The summed E-state index contributed by atoms with van der Waals surface area (Å²) in [5, 5.41) is 27.4. The first-order chi connectivity index (χ1) is 7.09. The second kappa shape index (κ2) is 5.03. The lowest BCUT2D eigenvalue weighted by molar-refractivity contribution is 0.0639. The molecule has 0 bridgehead atoms. The molecule has 0 fully saturated rings. The molecule has 5 heteroatoms. The smallest absolute Gasteiger partial charge is 0.137 e. The molecule has 0 aliphatic rings. The van der Waals surface area contributed by atoms with Crippen molar-refractivity contribution in [2.75, 3.05) is 19.8 Å². The molecular formula is C10H12BrFO3. The summed E-state index contributed by atoms with van der Waals surface area (Å²) in [4.78, 5) is 0. The number of hydrogen-bond donors (Lipinski definition) is 3. The van der Waals surface area contributed by atoms with E-state index in [-0.39, 0.29) is 0 Å². The van der Waals surface area contributed by atoms with Gasteiger partial charge in [-0.1, -0.05) is 6.07 Å². The van der Waals surface area contributed by atoms with Gasteiger partial charge in [-0.05, 0) is 33.6 Å². The maximum absolute atomic E-state index is 13.2. The Morgan fingerprint density at radius 1 is 1.13 bits per heavy atom. The van der Waals surface area contributed by atoms with Crippen molar-refractivity contribution in [3.05, 3.63) is 34.1 Å². The molecule has 3 N–H and O–H groups in total. The summed E-state index contributed by atoms with van der Waals surface area (Å²) >= 11 is 3.00. The monoisotopic (exact) mass is 278 g/mol. The highest BCUT2D eigenvalue weighted by atomic mass is 79.9. The highest BCUT2D eigenvalue weighted by molar-refractivity contribution is 9.10. The molecule has 0 aliphatic carbocycles. The van der Waals surface area contributed by atoms with Crippen LogP contribution in [0.25, 0.3) is 0 Å². The predicted octanol–water partition coefficient (Wildman–Crippen LogP) is 0.803. The van der Waals surface area contributed by atoms with Crippen molar-refractivity contribution in [3.8, 4) is 0 Å². The van der Waals surface area contributed by atoms with Crippen LogP contribution in [-0.2, 0) is 5.41 Å². The summed E-state index contributed by atoms with van der Waals surface area (Å²) in [5.41, 5.74) is -0.822. The fourth-order valence-electron chi connectivity index (χ4n) is 1.25. The van der Waals surface area contributed by atoms with Gasteiger partial charge in [0.2, 0.25) is 0 Å². The normalized spacial score (nSPS) is 11.8. The van der Waals surface area contributed by atoms with E-state index < -0.39 is 31.1 Å². The number of rotatable bonds is 4. The van der Waals surface area contributed by atoms with Crippen molar-refractivity contribution in [3.63, 3.8) is 0 Å². The van der Waals surface area contributed by atoms with Crippen LogP contribution in [-0.4, -0.2) is 35.1 Å². The molecule has 0 unspecified atom stereocenters. The summed E-state index contributed by atoms with van der Waals surface area (Å²) < 4.78 is 13.5. The lowest BCUT2D eigenvalue weighted by Crippen LogP contribution is -2.38. The minimum atomic E-state index is -1.19. The number of aliphatic hydroxyl groups excluding tert-OH is 3. The van der Waals surface area contributed by atoms with Gasteiger partial charge in [0.05, 0.1) is 29.7 Å². The molecule has 84 valence electrons. The van der Waals surface area contributed by atoms with Gasteiger partial charge in [0.25, 0.3) is 0 Å². The molecule has 1 aromatic rings. The van der Waals surface area contributed by atoms with E-state index in [0.717, 1.165) is 0 Å². The van der Waals surface area contributed by atoms with Crippen LogP contribution in [0.1, 0.15) is 5.56 Å². The van der Waals surface area contributed by atoms with Gasteiger partial charge in [0, 0.05) is 0 Å². The Labute approximate surface area is 95.3 Å². The maximum Gasteiger partial charge on any atom is 0.137 e. The molecule has 0 saturated carbocycles. The van der Waals surface area contributed by atoms with Gasteiger partial charge in [-0.15, -0.1) is 0 Å². The molecule has 15 heavy (non-hydrogen) atoms. The van der Waals surface area contributed by atoms with Crippen molar-refractivity contribution in [2.24, 2.45) is 0 Å². The third-order valence-electron chi connectivity index (χ3n) is 2.44. The van der Waals surface area contributed by atoms with Crippen LogP contribution < -0.4 is 0 Å². The first kappa shape index (κ1) is 12.6. The van der Waals surface area contributed by atoms with Gasteiger partial charge in [-0.25, -0.2) is 4.39 Å². The topological polar surface area (TPSA) is 60.7 Å². The largest absolute Gasteiger partial charge is 0.395 e. The lowest BCUT2D eigenvalue weighted by atomic mass is 9.83. The van der Waals surface area contributed by atoms with Crippen LogP contribution in [0.15, 0.2) is 22.7 Å². The Hall–Kier alpha value is -0.490. The van der Waals surface area contributed by atoms with Gasteiger partial charge in [-0.3, -0.25) is 0 Å². The van der Waals surface area contributed by atoms with Crippen LogP contribution in [0, 0.1) is 5.82 Å². The molecule has 1 aromatic carbocycles. The van der Waals surface area contributed by atoms with E-state index in [4.69, 9.17) is 15.3 Å². The summed E-state index contributed by atoms with van der Waals surface area (Å²) in [5.74, 6) is -0.493. The molecule has 0 aliphatic heterocycles. The highest BCUT2D eigenvalue weighted by Gasteiger charge is 2.30. The van der Waals surface area contributed by atoms with E-state index in [2.05, 4.69) is 15.9 Å². The second-order valence-electron chi connectivity index (χ2n) is 3.38. The van der Waals surface area contributed by atoms with Crippen molar-refractivity contribution in [2.45, 2.75) is 5.41 Å². The standard InChI is InChI=1S/C10H12BrFO3/c11-8-2-1-7(3-9(8)12)10(4-13,5-14)6-15/h1-3,13-15H,4-6H2. The first-order valence-corrected chi connectivity index (χ1v) is 5.17. The molecule has 0 aromatic heterocycles. The molecular weight excluding hydrogens is 267 g/mol. The first-order valence-electron chi connectivity index (χ1n) is 4.38. The molecule has 0 heterocycles. The molecule has 0 spiro atoms. The number of benzene rings is 1. The van der Waals surface area contributed by atoms with Crippen LogP contribution in [0.5, 0.6) is 0 Å². The van der Waals surface area contributed by atoms with Gasteiger partial charge in [0.15, 0.2) is 0 Å². The average Bonchev–Trinajstić information content (AvgIpc) is 2.26. The van der Waals surface area contributed by atoms with Gasteiger partial charge in [0.1, 0.15) is 5.82 Å². The van der Waals surface area contributed by atoms with Crippen LogP contribution in [0.4, 0.5) is 4.39 Å². The lowest BCUT2D eigenvalue weighted by Gasteiger charge is -2.27. The SMILES string of the molecule is OCC(CO)(CO)c1ccc(Br)c(F)c1. The number of aliphatic hydroxyl groups is 3. The molecule has 3 nitrogen and oxygen atoms in total. The van der Waals surface area contributed by atoms with Crippen molar-refractivity contribution < 1.29 is 19.7 Å². The van der Waals surface area contributed by atoms with Crippen molar-refractivity contribution in [1.29, 1.82) is 0 Å². The van der Waals surface area contributed by atoms with Gasteiger partial charge < -0.3 is 15.3 Å². The minimum Gasteiger partial charge on any atom is -0.395 e. The van der Waals surface area contributed by atoms with E-state index in [1.54, 1.807) is 6.07 Å². The second-order valence-corrected chi connectivity index (χ2v) is 4.24. The Morgan fingerprint density at radius 2 is 1.67 bits per heavy atom. The van der Waals surface area contributed by atoms with Gasteiger partial charge >= 0.3 is 0 Å². The minimum absolute atomic E-state index is 0.300. The summed E-state index contributed by atoms with van der Waals surface area (Å²) in [6, 6.07) is 4.21. The van der Waals surface area contributed by atoms with E-state index in [0.29, 0.717) is 10.0 Å². The zero-order valence-corrected chi connectivity index (χ0v) is 9.54. The summed E-state index contributed by atoms with van der Waals surface area (Å²) in [7, 11) is 0. The van der Waals surface area contributed by atoms with E-state index in [1.165, 1.54) is 12.1 Å². The van der Waals surface area contributed by atoms with Crippen LogP contribution >= 0.6 is 15.9 Å². The predicted molar refractivity (Wildman–Crippen MR) is 57.0 cm³/mol. The zero-order chi connectivity index (χ0) is 11.5. The van der Waals surface area contributed by atoms with Gasteiger partial charge in [-0.2, -0.15) is 0 Å². The number of hydrogen-bond acceptors (Lipinski definition) is 3. The zero-order valence-electron chi connectivity index (χ0n) is 7.95. The molecule has 0 saturated heterocycles. The van der Waals surface area contributed by atoms with E-state index in [9.17, 15) is 4.39 Å². The Kier molecular flexibility index (Phi) is 4.21. The molecule has 0 radical (unpaired) electrons. The average molecular weight is 279 g/mol. The fraction of sp³-hybridized carbons (Fsp3) is 0.400. The summed E-state index contributed by atoms with van der Waals surface area (Å²) in [6.45, 7) is -1.33. The quantitative estimate of drug-likeness (QED) is 0.764. The third-order valence-corrected chi connectivity index (χ3v) is 3.08. The van der Waals surface area contributed by atoms with Crippen LogP contribution in [0.3, 0.4) is 0 Å². The number of halogens is 2. The maximum atomic E-state index is 13.2. The van der Waals surface area contributed by atoms with Crippen molar-refractivity contribution >= 4 is 15.9 Å². The van der Waals surface area contributed by atoms with Crippen LogP contribution in [0.2, 0.25) is 0 Å². The Bertz CT molecular complexity index is 331. The highest BCUT2D eigenvalue weighted by Crippen LogP contribution is 2.26. The molecule has 1 rings (SSSR count). The van der Waals surface area contributed by atoms with E-state index >= 15 is 0 Å². The van der Waals surface area contributed by atoms with E-state index in [1.807, 2.05) is 0 Å². The molecule has 0 atom stereocenters.